The van der Waals surface area contributed by atoms with Crippen molar-refractivity contribution in [1.82, 2.24) is 4.90 Å². The van der Waals surface area contributed by atoms with E-state index in [0.717, 1.165) is 12.3 Å². The van der Waals surface area contributed by atoms with Crippen LogP contribution < -0.4 is 15.4 Å². The van der Waals surface area contributed by atoms with Gasteiger partial charge in [-0.2, -0.15) is 0 Å². The zero-order valence-corrected chi connectivity index (χ0v) is 13.1. The molecule has 1 atom stereocenters. The van der Waals surface area contributed by atoms with Gasteiger partial charge >= 0.3 is 0 Å². The highest BCUT2D eigenvalue weighted by atomic mass is 16.5. The first-order valence-electron chi connectivity index (χ1n) is 7.45. The van der Waals surface area contributed by atoms with Crippen LogP contribution in [0.15, 0.2) is 18.2 Å². The van der Waals surface area contributed by atoms with Crippen LogP contribution in [0.25, 0.3) is 0 Å². The molecule has 0 bridgehead atoms. The van der Waals surface area contributed by atoms with Crippen molar-refractivity contribution in [2.45, 2.75) is 38.8 Å². The fraction of sp³-hybridized carbons (Fsp3) is 0.625. The van der Waals surface area contributed by atoms with Crippen LogP contribution in [0.4, 0.5) is 11.4 Å². The summed E-state index contributed by atoms with van der Waals surface area (Å²) in [6.07, 6.45) is 2.64. The Morgan fingerprint density at radius 2 is 2.15 bits per heavy atom. The predicted molar refractivity (Wildman–Crippen MR) is 85.5 cm³/mol. The van der Waals surface area contributed by atoms with Gasteiger partial charge < -0.3 is 20.3 Å². The standard InChI is InChI=1S/C16H27N3O/c1-12(2)20-16-10-13(7-8-15(16)17)19(4)14-6-5-9-18(3)11-14/h7-8,10,12,14H,5-6,9,11,17H2,1-4H3. The van der Waals surface area contributed by atoms with Gasteiger partial charge in [-0.3, -0.25) is 0 Å². The van der Waals surface area contributed by atoms with Gasteiger partial charge in [0.25, 0.3) is 0 Å². The summed E-state index contributed by atoms with van der Waals surface area (Å²) in [6, 6.07) is 6.64. The highest BCUT2D eigenvalue weighted by Crippen LogP contribution is 2.30. The van der Waals surface area contributed by atoms with Crippen molar-refractivity contribution in [3.63, 3.8) is 0 Å². The number of hydrogen-bond donors (Lipinski definition) is 1. The monoisotopic (exact) mass is 277 g/mol. The van der Waals surface area contributed by atoms with Crippen molar-refractivity contribution in [3.8, 4) is 5.75 Å². The molecule has 1 saturated heterocycles. The molecule has 20 heavy (non-hydrogen) atoms. The quantitative estimate of drug-likeness (QED) is 0.859. The van der Waals surface area contributed by atoms with Gasteiger partial charge in [0.05, 0.1) is 11.8 Å². The largest absolute Gasteiger partial charge is 0.489 e. The number of likely N-dealkylation sites (tertiary alicyclic amines) is 1. The number of ether oxygens (including phenoxy) is 1. The van der Waals surface area contributed by atoms with Crippen LogP contribution in [-0.4, -0.2) is 44.2 Å². The maximum atomic E-state index is 5.99. The van der Waals surface area contributed by atoms with Gasteiger partial charge in [0.2, 0.25) is 0 Å². The number of benzene rings is 1. The minimum atomic E-state index is 0.138. The second kappa shape index (κ2) is 6.35. The lowest BCUT2D eigenvalue weighted by atomic mass is 10.0. The molecule has 0 aromatic heterocycles. The Morgan fingerprint density at radius 1 is 1.40 bits per heavy atom. The molecule has 1 aromatic rings. The van der Waals surface area contributed by atoms with Crippen LogP contribution in [-0.2, 0) is 0 Å². The van der Waals surface area contributed by atoms with Crippen LogP contribution in [0, 0.1) is 0 Å². The van der Waals surface area contributed by atoms with Crippen molar-refractivity contribution in [3.05, 3.63) is 18.2 Å². The molecule has 2 N–H and O–H groups in total. The van der Waals surface area contributed by atoms with Crippen molar-refractivity contribution < 1.29 is 4.74 Å². The molecular formula is C16H27N3O. The molecule has 1 heterocycles. The Kier molecular flexibility index (Phi) is 4.76. The number of piperidine rings is 1. The first-order chi connectivity index (χ1) is 9.47. The van der Waals surface area contributed by atoms with Gasteiger partial charge in [-0.05, 0) is 52.4 Å². The third-order valence-electron chi connectivity index (χ3n) is 3.91. The van der Waals surface area contributed by atoms with E-state index in [-0.39, 0.29) is 6.10 Å². The van der Waals surface area contributed by atoms with Gasteiger partial charge in [0.1, 0.15) is 5.75 Å². The van der Waals surface area contributed by atoms with Gasteiger partial charge in [-0.1, -0.05) is 0 Å². The minimum absolute atomic E-state index is 0.138. The number of rotatable bonds is 4. The molecule has 0 aliphatic carbocycles. The van der Waals surface area contributed by atoms with E-state index in [1.54, 1.807) is 0 Å². The molecule has 1 fully saturated rings. The minimum Gasteiger partial charge on any atom is -0.489 e. The molecule has 0 saturated carbocycles. The summed E-state index contributed by atoms with van der Waals surface area (Å²) in [4.78, 5) is 4.75. The van der Waals surface area contributed by atoms with Crippen molar-refractivity contribution >= 4 is 11.4 Å². The first-order valence-corrected chi connectivity index (χ1v) is 7.45. The fourth-order valence-electron chi connectivity index (χ4n) is 2.76. The summed E-state index contributed by atoms with van der Waals surface area (Å²) in [7, 11) is 4.35. The molecule has 4 heteroatoms. The third kappa shape index (κ3) is 3.57. The molecule has 2 rings (SSSR count). The van der Waals surface area contributed by atoms with Gasteiger partial charge in [0.15, 0.2) is 0 Å². The van der Waals surface area contributed by atoms with Crippen molar-refractivity contribution in [1.29, 1.82) is 0 Å². The maximum absolute atomic E-state index is 5.99. The Balaban J connectivity index is 2.14. The SMILES string of the molecule is CC(C)Oc1cc(N(C)C2CCCN(C)C2)ccc1N. The summed E-state index contributed by atoms with van der Waals surface area (Å²) in [5.74, 6) is 0.786. The van der Waals surface area contributed by atoms with E-state index in [1.807, 2.05) is 19.9 Å². The maximum Gasteiger partial charge on any atom is 0.144 e. The second-order valence-electron chi connectivity index (χ2n) is 6.06. The zero-order valence-electron chi connectivity index (χ0n) is 13.1. The summed E-state index contributed by atoms with van der Waals surface area (Å²) in [5, 5.41) is 0. The van der Waals surface area contributed by atoms with E-state index >= 15 is 0 Å². The van der Waals surface area contributed by atoms with Crippen LogP contribution in [0.1, 0.15) is 26.7 Å². The normalized spacial score (nSPS) is 20.1. The average molecular weight is 277 g/mol. The molecule has 0 radical (unpaired) electrons. The molecule has 1 aromatic carbocycles. The van der Waals surface area contributed by atoms with Crippen LogP contribution >= 0.6 is 0 Å². The zero-order chi connectivity index (χ0) is 14.7. The molecule has 0 amide bonds. The Hall–Kier alpha value is -1.42. The lowest BCUT2D eigenvalue weighted by Gasteiger charge is -2.37. The lowest BCUT2D eigenvalue weighted by Crippen LogP contribution is -2.45. The molecule has 112 valence electrons. The molecule has 1 unspecified atom stereocenters. The number of nitrogens with two attached hydrogens (primary N) is 1. The Bertz CT molecular complexity index is 447. The highest BCUT2D eigenvalue weighted by Gasteiger charge is 2.21. The van der Waals surface area contributed by atoms with Crippen molar-refractivity contribution in [2.24, 2.45) is 0 Å². The van der Waals surface area contributed by atoms with E-state index in [4.69, 9.17) is 10.5 Å². The Labute approximate surface area is 122 Å². The van der Waals surface area contributed by atoms with E-state index in [9.17, 15) is 0 Å². The average Bonchev–Trinajstić information content (AvgIpc) is 2.40. The summed E-state index contributed by atoms with van der Waals surface area (Å²) in [5.41, 5.74) is 7.87. The summed E-state index contributed by atoms with van der Waals surface area (Å²) in [6.45, 7) is 6.35. The molecule has 1 aliphatic rings. The topological polar surface area (TPSA) is 41.7 Å². The fourth-order valence-corrected chi connectivity index (χ4v) is 2.76. The number of likely N-dealkylation sites (N-methyl/N-ethyl adjacent to an activating group) is 2. The van der Waals surface area contributed by atoms with Crippen molar-refractivity contribution in [2.75, 3.05) is 37.8 Å². The smallest absolute Gasteiger partial charge is 0.144 e. The highest BCUT2D eigenvalue weighted by molar-refractivity contribution is 5.62. The number of anilines is 2. The number of nitrogen functional groups attached to an aromatic ring is 1. The van der Waals surface area contributed by atoms with Gasteiger partial charge in [-0.25, -0.2) is 0 Å². The van der Waals surface area contributed by atoms with E-state index in [2.05, 4.69) is 36.0 Å². The van der Waals surface area contributed by atoms with Crippen LogP contribution in [0.5, 0.6) is 5.75 Å². The molecule has 0 spiro atoms. The van der Waals surface area contributed by atoms with E-state index in [1.165, 1.54) is 25.1 Å². The van der Waals surface area contributed by atoms with Crippen LogP contribution in [0.2, 0.25) is 0 Å². The third-order valence-corrected chi connectivity index (χ3v) is 3.91. The molecular weight excluding hydrogens is 250 g/mol. The summed E-state index contributed by atoms with van der Waals surface area (Å²) < 4.78 is 5.78. The first kappa shape index (κ1) is 15.0. The predicted octanol–water partition coefficient (Wildman–Crippen LogP) is 2.59. The van der Waals surface area contributed by atoms with E-state index in [0.29, 0.717) is 11.7 Å². The molecule has 1 aliphatic heterocycles. The molecule has 4 nitrogen and oxygen atoms in total. The van der Waals surface area contributed by atoms with E-state index < -0.39 is 0 Å². The van der Waals surface area contributed by atoms with Crippen LogP contribution in [0.3, 0.4) is 0 Å². The summed E-state index contributed by atoms with van der Waals surface area (Å²) >= 11 is 0. The Morgan fingerprint density at radius 3 is 2.80 bits per heavy atom. The lowest BCUT2D eigenvalue weighted by molar-refractivity contribution is 0.242. The van der Waals surface area contributed by atoms with Gasteiger partial charge in [0, 0.05) is 31.4 Å². The number of nitrogens with zero attached hydrogens (tertiary/aromatic N) is 2. The van der Waals surface area contributed by atoms with Gasteiger partial charge in [-0.15, -0.1) is 0 Å². The number of hydrogen-bond acceptors (Lipinski definition) is 4. The second-order valence-corrected chi connectivity index (χ2v) is 6.06.